The van der Waals surface area contributed by atoms with Crippen LogP contribution in [0.1, 0.15) is 51.5 Å². The number of nitrogens with one attached hydrogen (secondary N) is 1. The number of anilines is 2. The molecule has 0 radical (unpaired) electrons. The highest BCUT2D eigenvalue weighted by molar-refractivity contribution is 5.95. The van der Waals surface area contributed by atoms with E-state index in [1.54, 1.807) is 6.92 Å². The van der Waals surface area contributed by atoms with Gasteiger partial charge in [0, 0.05) is 38.4 Å². The van der Waals surface area contributed by atoms with Crippen LogP contribution in [0.15, 0.2) is 48.5 Å². The van der Waals surface area contributed by atoms with Gasteiger partial charge in [0.2, 0.25) is 11.8 Å². The van der Waals surface area contributed by atoms with Crippen LogP contribution in [0.25, 0.3) is 0 Å². The first-order chi connectivity index (χ1) is 15.4. The fraction of sp³-hybridized carbons (Fsp3) is 0.462. The topological polar surface area (TPSA) is 61.9 Å². The fourth-order valence-corrected chi connectivity index (χ4v) is 3.89. The van der Waals surface area contributed by atoms with Crippen LogP contribution in [-0.4, -0.2) is 49.5 Å². The van der Waals surface area contributed by atoms with Crippen LogP contribution in [0, 0.1) is 0 Å². The molecule has 0 bridgehead atoms. The molecule has 1 aliphatic heterocycles. The van der Waals surface area contributed by atoms with Gasteiger partial charge in [-0.3, -0.25) is 9.59 Å². The molecule has 1 fully saturated rings. The summed E-state index contributed by atoms with van der Waals surface area (Å²) in [5.74, 6) is 0.634. The van der Waals surface area contributed by atoms with Crippen molar-refractivity contribution in [2.75, 3.05) is 37.0 Å². The molecule has 2 atom stereocenters. The lowest BCUT2D eigenvalue weighted by Gasteiger charge is -2.24. The largest absolute Gasteiger partial charge is 0.494 e. The molecule has 0 saturated carbocycles. The van der Waals surface area contributed by atoms with Crippen molar-refractivity contribution in [2.45, 2.75) is 52.0 Å². The Morgan fingerprint density at radius 2 is 1.84 bits per heavy atom. The predicted octanol–water partition coefficient (Wildman–Crippen LogP) is 4.66. The molecule has 0 aliphatic carbocycles. The van der Waals surface area contributed by atoms with E-state index < -0.39 is 0 Å². The van der Waals surface area contributed by atoms with Crippen LogP contribution >= 0.6 is 0 Å². The molecule has 1 saturated heterocycles. The molecule has 1 aliphatic rings. The van der Waals surface area contributed by atoms with Crippen molar-refractivity contribution < 1.29 is 14.3 Å². The number of hydrogen-bond donors (Lipinski definition) is 1. The standard InChI is InChI=1S/C26H35N3O3/c1-5-6-17-32-25-13-7-21(8-14-25)19(2)26(31)27-22-9-11-23(12-10-22)29-16-15-24(18-29)28(4)20(3)30/h7-14,19,24H,5-6,15-18H2,1-4H3,(H,27,31). The van der Waals surface area contributed by atoms with Gasteiger partial charge in [0.25, 0.3) is 0 Å². The summed E-state index contributed by atoms with van der Waals surface area (Å²) in [6, 6.07) is 15.9. The molecule has 6 nitrogen and oxygen atoms in total. The van der Waals surface area contributed by atoms with Crippen molar-refractivity contribution in [3.63, 3.8) is 0 Å². The molecule has 172 valence electrons. The second-order valence-corrected chi connectivity index (χ2v) is 8.55. The second-order valence-electron chi connectivity index (χ2n) is 8.55. The monoisotopic (exact) mass is 437 g/mol. The summed E-state index contributed by atoms with van der Waals surface area (Å²) in [6.45, 7) is 8.12. The van der Waals surface area contributed by atoms with Crippen LogP contribution in [-0.2, 0) is 9.59 Å². The van der Waals surface area contributed by atoms with E-state index in [0.29, 0.717) is 6.61 Å². The van der Waals surface area contributed by atoms with Crippen molar-refractivity contribution in [2.24, 2.45) is 0 Å². The quantitative estimate of drug-likeness (QED) is 0.580. The highest BCUT2D eigenvalue weighted by atomic mass is 16.5. The Hall–Kier alpha value is -3.02. The number of benzene rings is 2. The average Bonchev–Trinajstić information content (AvgIpc) is 3.29. The first kappa shape index (κ1) is 23.6. The van der Waals surface area contributed by atoms with E-state index in [9.17, 15) is 9.59 Å². The first-order valence-electron chi connectivity index (χ1n) is 11.5. The minimum absolute atomic E-state index is 0.0401. The number of nitrogens with zero attached hydrogens (tertiary/aromatic N) is 2. The summed E-state index contributed by atoms with van der Waals surface area (Å²) in [6.07, 6.45) is 3.10. The zero-order valence-corrected chi connectivity index (χ0v) is 19.6. The molecular weight excluding hydrogens is 402 g/mol. The summed E-state index contributed by atoms with van der Waals surface area (Å²) in [4.78, 5) is 28.5. The number of hydrogen-bond acceptors (Lipinski definition) is 4. The lowest BCUT2D eigenvalue weighted by atomic mass is 10.00. The minimum Gasteiger partial charge on any atom is -0.494 e. The predicted molar refractivity (Wildman–Crippen MR) is 129 cm³/mol. The summed E-state index contributed by atoms with van der Waals surface area (Å²) < 4.78 is 5.70. The van der Waals surface area contributed by atoms with Crippen LogP contribution in [0.4, 0.5) is 11.4 Å². The first-order valence-corrected chi connectivity index (χ1v) is 11.5. The molecule has 3 rings (SSSR count). The molecule has 1 heterocycles. The fourth-order valence-electron chi connectivity index (χ4n) is 3.89. The molecule has 1 N–H and O–H groups in total. The molecule has 2 unspecified atom stereocenters. The molecule has 2 aromatic carbocycles. The van der Waals surface area contributed by atoms with Gasteiger partial charge in [-0.2, -0.15) is 0 Å². The Morgan fingerprint density at radius 3 is 2.47 bits per heavy atom. The van der Waals surface area contributed by atoms with Crippen molar-refractivity contribution >= 4 is 23.2 Å². The normalized spacial score (nSPS) is 16.5. The van der Waals surface area contributed by atoms with Crippen LogP contribution in [0.3, 0.4) is 0 Å². The number of rotatable bonds is 9. The Morgan fingerprint density at radius 1 is 1.16 bits per heavy atom. The molecule has 0 spiro atoms. The van der Waals surface area contributed by atoms with E-state index >= 15 is 0 Å². The number of carbonyl (C=O) groups is 2. The maximum Gasteiger partial charge on any atom is 0.231 e. The highest BCUT2D eigenvalue weighted by Crippen LogP contribution is 2.25. The van der Waals surface area contributed by atoms with E-state index in [-0.39, 0.29) is 23.8 Å². The number of likely N-dealkylation sites (N-methyl/N-ethyl adjacent to an activating group) is 1. The van der Waals surface area contributed by atoms with Gasteiger partial charge < -0.3 is 19.9 Å². The molecule has 6 heteroatoms. The zero-order valence-electron chi connectivity index (χ0n) is 19.6. The van der Waals surface area contributed by atoms with Crippen LogP contribution in [0.2, 0.25) is 0 Å². The summed E-state index contributed by atoms with van der Waals surface area (Å²) in [7, 11) is 1.86. The zero-order chi connectivity index (χ0) is 23.1. The summed E-state index contributed by atoms with van der Waals surface area (Å²) in [5, 5.41) is 3.01. The maximum absolute atomic E-state index is 12.7. The third kappa shape index (κ3) is 6.02. The van der Waals surface area contributed by atoms with E-state index in [2.05, 4.69) is 17.1 Å². The Balaban J connectivity index is 1.53. The van der Waals surface area contributed by atoms with Gasteiger partial charge in [-0.25, -0.2) is 0 Å². The maximum atomic E-state index is 12.7. The van der Waals surface area contributed by atoms with Crippen molar-refractivity contribution in [3.8, 4) is 5.75 Å². The van der Waals surface area contributed by atoms with Gasteiger partial charge in [0.05, 0.1) is 18.6 Å². The van der Waals surface area contributed by atoms with Crippen molar-refractivity contribution in [1.82, 2.24) is 4.90 Å². The molecular formula is C26H35N3O3. The highest BCUT2D eigenvalue weighted by Gasteiger charge is 2.27. The average molecular weight is 438 g/mol. The van der Waals surface area contributed by atoms with Gasteiger partial charge in [-0.05, 0) is 61.7 Å². The third-order valence-corrected chi connectivity index (χ3v) is 6.25. The molecule has 32 heavy (non-hydrogen) atoms. The van der Waals surface area contributed by atoms with E-state index in [1.807, 2.05) is 67.4 Å². The molecule has 2 amide bonds. The second kappa shape index (κ2) is 11.0. The lowest BCUT2D eigenvalue weighted by Crippen LogP contribution is -2.37. The molecule has 0 aromatic heterocycles. The minimum atomic E-state index is -0.263. The van der Waals surface area contributed by atoms with Gasteiger partial charge in [-0.1, -0.05) is 25.5 Å². The number of unbranched alkanes of at least 4 members (excludes halogenated alkanes) is 1. The summed E-state index contributed by atoms with van der Waals surface area (Å²) >= 11 is 0. The van der Waals surface area contributed by atoms with E-state index in [4.69, 9.17) is 4.74 Å². The number of carbonyl (C=O) groups excluding carboxylic acids is 2. The van der Waals surface area contributed by atoms with Gasteiger partial charge in [0.15, 0.2) is 0 Å². The Kier molecular flexibility index (Phi) is 8.14. The number of amides is 2. The lowest BCUT2D eigenvalue weighted by molar-refractivity contribution is -0.129. The Bertz CT molecular complexity index is 896. The van der Waals surface area contributed by atoms with Gasteiger partial charge in [0.1, 0.15) is 5.75 Å². The Labute approximate surface area is 191 Å². The van der Waals surface area contributed by atoms with Gasteiger partial charge >= 0.3 is 0 Å². The van der Waals surface area contributed by atoms with E-state index in [0.717, 1.165) is 55.0 Å². The number of ether oxygens (including phenoxy) is 1. The summed E-state index contributed by atoms with van der Waals surface area (Å²) in [5.41, 5.74) is 2.84. The van der Waals surface area contributed by atoms with E-state index in [1.165, 1.54) is 0 Å². The van der Waals surface area contributed by atoms with Crippen LogP contribution < -0.4 is 15.0 Å². The third-order valence-electron chi connectivity index (χ3n) is 6.25. The van der Waals surface area contributed by atoms with Crippen molar-refractivity contribution in [3.05, 3.63) is 54.1 Å². The van der Waals surface area contributed by atoms with Gasteiger partial charge in [-0.15, -0.1) is 0 Å². The molecule has 2 aromatic rings. The van der Waals surface area contributed by atoms with Crippen LogP contribution in [0.5, 0.6) is 5.75 Å². The van der Waals surface area contributed by atoms with Crippen molar-refractivity contribution in [1.29, 1.82) is 0 Å². The SMILES string of the molecule is CCCCOc1ccc(C(C)C(=O)Nc2ccc(N3CCC(N(C)C(C)=O)C3)cc2)cc1. The smallest absolute Gasteiger partial charge is 0.231 e.